The predicted octanol–water partition coefficient (Wildman–Crippen LogP) is 0.693. The van der Waals surface area contributed by atoms with Gasteiger partial charge in [-0.2, -0.15) is 0 Å². The van der Waals surface area contributed by atoms with Gasteiger partial charge in [-0.25, -0.2) is 0 Å². The summed E-state index contributed by atoms with van der Waals surface area (Å²) in [5.74, 6) is -0.248. The highest BCUT2D eigenvalue weighted by atomic mass is 16.3. The van der Waals surface area contributed by atoms with Crippen LogP contribution in [0.1, 0.15) is 40.5 Å². The van der Waals surface area contributed by atoms with E-state index in [1.807, 2.05) is 0 Å². The number of hydrogen-bond acceptors (Lipinski definition) is 4. The third-order valence-corrected chi connectivity index (χ3v) is 1.67. The molecule has 14 heavy (non-hydrogen) atoms. The first-order chi connectivity index (χ1) is 6.36. The van der Waals surface area contributed by atoms with Crippen LogP contribution < -0.4 is 0 Å². The summed E-state index contributed by atoms with van der Waals surface area (Å²) in [5.41, 5.74) is 0. The van der Waals surface area contributed by atoms with Crippen molar-refractivity contribution in [2.45, 2.75) is 52.7 Å². The zero-order chi connectivity index (χ0) is 11.7. The van der Waals surface area contributed by atoms with E-state index >= 15 is 0 Å². The van der Waals surface area contributed by atoms with Crippen LogP contribution in [-0.4, -0.2) is 34.0 Å². The fraction of sp³-hybridized carbons (Fsp3) is 0.800. The average molecular weight is 204 g/mol. The van der Waals surface area contributed by atoms with E-state index in [1.165, 1.54) is 13.8 Å². The molecule has 0 fully saturated rings. The van der Waals surface area contributed by atoms with Crippen LogP contribution in [0, 0.1) is 0 Å². The van der Waals surface area contributed by atoms with Gasteiger partial charge in [0.05, 0.1) is 0 Å². The van der Waals surface area contributed by atoms with E-state index in [2.05, 4.69) is 0 Å². The second-order valence-electron chi connectivity index (χ2n) is 3.03. The van der Waals surface area contributed by atoms with E-state index in [9.17, 15) is 9.59 Å². The summed E-state index contributed by atoms with van der Waals surface area (Å²) in [5, 5.41) is 17.1. The van der Waals surface area contributed by atoms with Crippen molar-refractivity contribution in [1.29, 1.82) is 0 Å². The van der Waals surface area contributed by atoms with Gasteiger partial charge in [0.2, 0.25) is 0 Å². The van der Waals surface area contributed by atoms with Crippen molar-refractivity contribution in [2.24, 2.45) is 0 Å². The number of carbonyl (C=O) groups excluding carboxylic acids is 2. The van der Waals surface area contributed by atoms with Gasteiger partial charge >= 0.3 is 0 Å². The molecule has 0 amide bonds. The summed E-state index contributed by atoms with van der Waals surface area (Å²) in [7, 11) is 0. The summed E-state index contributed by atoms with van der Waals surface area (Å²) in [6.45, 7) is 6.36. The fourth-order valence-corrected chi connectivity index (χ4v) is 0.583. The monoisotopic (exact) mass is 204 g/mol. The molecule has 2 N–H and O–H groups in total. The largest absolute Gasteiger partial charge is 0.386 e. The van der Waals surface area contributed by atoms with Crippen LogP contribution in [0.15, 0.2) is 0 Å². The van der Waals surface area contributed by atoms with E-state index in [0.717, 1.165) is 0 Å². The number of hydrogen-bond donors (Lipinski definition) is 2. The molecule has 0 aromatic rings. The lowest BCUT2D eigenvalue weighted by molar-refractivity contribution is -0.126. The van der Waals surface area contributed by atoms with E-state index in [1.54, 1.807) is 13.8 Å². The van der Waals surface area contributed by atoms with Gasteiger partial charge in [0.15, 0.2) is 11.6 Å². The van der Waals surface area contributed by atoms with E-state index in [-0.39, 0.29) is 11.6 Å². The summed E-state index contributed by atoms with van der Waals surface area (Å²) in [4.78, 5) is 20.4. The number of ketones is 2. The maximum atomic E-state index is 10.3. The van der Waals surface area contributed by atoms with E-state index in [0.29, 0.717) is 12.8 Å². The Bertz CT molecular complexity index is 175. The van der Waals surface area contributed by atoms with Crippen molar-refractivity contribution < 1.29 is 19.8 Å². The van der Waals surface area contributed by atoms with Gasteiger partial charge in [-0.1, -0.05) is 13.8 Å². The van der Waals surface area contributed by atoms with E-state index < -0.39 is 12.2 Å². The lowest BCUT2D eigenvalue weighted by Gasteiger charge is -1.97. The smallest absolute Gasteiger partial charge is 0.160 e. The van der Waals surface area contributed by atoms with Gasteiger partial charge in [-0.15, -0.1) is 0 Å². The van der Waals surface area contributed by atoms with Gasteiger partial charge in [0.1, 0.15) is 12.2 Å². The molecule has 0 spiro atoms. The third-order valence-electron chi connectivity index (χ3n) is 1.67. The minimum absolute atomic E-state index is 0.0972. The molecule has 0 aliphatic carbocycles. The number of Topliss-reactive ketones (excluding diaryl/α,β-unsaturated/α-hetero) is 2. The Morgan fingerprint density at radius 2 is 1.64 bits per heavy atom. The highest BCUT2D eigenvalue weighted by Crippen LogP contribution is 1.88. The van der Waals surface area contributed by atoms with Gasteiger partial charge in [0, 0.05) is 6.42 Å². The Morgan fingerprint density at radius 1 is 1.21 bits per heavy atom. The van der Waals surface area contributed by atoms with Gasteiger partial charge in [-0.05, 0) is 20.3 Å². The first-order valence-electron chi connectivity index (χ1n) is 4.76. The molecule has 0 bridgehead atoms. The zero-order valence-electron chi connectivity index (χ0n) is 9.28. The third kappa shape index (κ3) is 9.35. The SMILES string of the molecule is CCC(=O)C(C)O.CCC(O)C(C)=O. The quantitative estimate of drug-likeness (QED) is 0.706. The van der Waals surface area contributed by atoms with Gasteiger partial charge in [0.25, 0.3) is 0 Å². The van der Waals surface area contributed by atoms with Crippen LogP contribution in [-0.2, 0) is 9.59 Å². The van der Waals surface area contributed by atoms with Crippen LogP contribution in [0.4, 0.5) is 0 Å². The number of rotatable bonds is 4. The Balaban J connectivity index is 0. The molecule has 84 valence electrons. The predicted molar refractivity (Wildman–Crippen MR) is 54.0 cm³/mol. The molecule has 0 aliphatic rings. The Kier molecular flexibility index (Phi) is 9.93. The summed E-state index contributed by atoms with van der Waals surface area (Å²) in [6, 6.07) is 0. The van der Waals surface area contributed by atoms with E-state index in [4.69, 9.17) is 10.2 Å². The average Bonchev–Trinajstić information content (AvgIpc) is 2.15. The fourth-order valence-electron chi connectivity index (χ4n) is 0.583. The number of carbonyl (C=O) groups is 2. The molecule has 0 aromatic carbocycles. The summed E-state index contributed by atoms with van der Waals surface area (Å²) >= 11 is 0. The standard InChI is InChI=1S/2C5H10O2/c2*1-3-5(7)4(2)6/h5,7H,3H2,1-2H3;4,6H,3H2,1-2H3. The number of aliphatic hydroxyl groups is 2. The molecule has 0 radical (unpaired) electrons. The molecule has 0 aromatic heterocycles. The first-order valence-corrected chi connectivity index (χ1v) is 4.76. The first kappa shape index (κ1) is 15.7. The Morgan fingerprint density at radius 3 is 1.64 bits per heavy atom. The normalized spacial score (nSPS) is 13.6. The molecule has 4 nitrogen and oxygen atoms in total. The maximum absolute atomic E-state index is 10.3. The maximum Gasteiger partial charge on any atom is 0.160 e. The molecular formula is C10H20O4. The minimum atomic E-state index is -0.773. The summed E-state index contributed by atoms with van der Waals surface area (Å²) in [6.07, 6.45) is -0.558. The van der Waals surface area contributed by atoms with Crippen molar-refractivity contribution >= 4 is 11.6 Å². The van der Waals surface area contributed by atoms with Crippen LogP contribution >= 0.6 is 0 Å². The molecule has 0 saturated heterocycles. The highest BCUT2D eigenvalue weighted by molar-refractivity contribution is 5.81. The van der Waals surface area contributed by atoms with Crippen molar-refractivity contribution in [3.05, 3.63) is 0 Å². The minimum Gasteiger partial charge on any atom is -0.386 e. The van der Waals surface area contributed by atoms with Crippen LogP contribution in [0.25, 0.3) is 0 Å². The zero-order valence-corrected chi connectivity index (χ0v) is 9.28. The summed E-state index contributed by atoms with van der Waals surface area (Å²) < 4.78 is 0. The topological polar surface area (TPSA) is 74.6 Å². The molecule has 0 rings (SSSR count). The van der Waals surface area contributed by atoms with Gasteiger partial charge < -0.3 is 10.2 Å². The molecule has 0 heterocycles. The highest BCUT2D eigenvalue weighted by Gasteiger charge is 2.03. The molecule has 0 aliphatic heterocycles. The van der Waals surface area contributed by atoms with Gasteiger partial charge in [-0.3, -0.25) is 9.59 Å². The van der Waals surface area contributed by atoms with Crippen LogP contribution in [0.2, 0.25) is 0 Å². The second kappa shape index (κ2) is 8.84. The molecule has 4 heteroatoms. The molecule has 2 atom stereocenters. The Hall–Kier alpha value is -0.740. The van der Waals surface area contributed by atoms with Crippen LogP contribution in [0.5, 0.6) is 0 Å². The van der Waals surface area contributed by atoms with Crippen LogP contribution in [0.3, 0.4) is 0 Å². The molecule has 0 saturated carbocycles. The van der Waals surface area contributed by atoms with Crippen molar-refractivity contribution in [3.63, 3.8) is 0 Å². The van der Waals surface area contributed by atoms with Crippen molar-refractivity contribution in [2.75, 3.05) is 0 Å². The molecule has 2 unspecified atom stereocenters. The molecular weight excluding hydrogens is 184 g/mol. The lowest BCUT2D eigenvalue weighted by Crippen LogP contribution is -2.14. The second-order valence-corrected chi connectivity index (χ2v) is 3.03. The Labute approximate surface area is 84.9 Å². The lowest BCUT2D eigenvalue weighted by atomic mass is 10.2. The number of aliphatic hydroxyl groups excluding tert-OH is 2. The van der Waals surface area contributed by atoms with Crippen molar-refractivity contribution in [1.82, 2.24) is 0 Å². The van der Waals surface area contributed by atoms with Crippen molar-refractivity contribution in [3.8, 4) is 0 Å².